The van der Waals surface area contributed by atoms with Crippen molar-refractivity contribution in [3.63, 3.8) is 0 Å². The highest BCUT2D eigenvalue weighted by atomic mass is 32.2. The lowest BCUT2D eigenvalue weighted by Gasteiger charge is -2.17. The zero-order valence-corrected chi connectivity index (χ0v) is 16.9. The summed E-state index contributed by atoms with van der Waals surface area (Å²) in [7, 11) is 0. The molecule has 0 spiro atoms. The first-order valence-electron chi connectivity index (χ1n) is 9.24. The van der Waals surface area contributed by atoms with E-state index in [0.29, 0.717) is 24.0 Å². The number of thiophene rings is 1. The fourth-order valence-electron chi connectivity index (χ4n) is 3.53. The van der Waals surface area contributed by atoms with Crippen LogP contribution in [0.15, 0.2) is 32.8 Å². The van der Waals surface area contributed by atoms with Crippen molar-refractivity contribution < 1.29 is 4.42 Å². The van der Waals surface area contributed by atoms with Crippen molar-refractivity contribution in [2.24, 2.45) is 5.92 Å². The number of fused-ring (bicyclic) bond motifs is 3. The summed E-state index contributed by atoms with van der Waals surface area (Å²) < 4.78 is 7.21. The number of aromatic nitrogens is 2. The minimum absolute atomic E-state index is 0.0336. The first kappa shape index (κ1) is 18.3. The van der Waals surface area contributed by atoms with Crippen LogP contribution in [0, 0.1) is 17.2 Å². The van der Waals surface area contributed by atoms with E-state index in [-0.39, 0.29) is 5.56 Å². The lowest BCUT2D eigenvalue weighted by Crippen LogP contribution is -2.24. The van der Waals surface area contributed by atoms with E-state index in [1.165, 1.54) is 10.4 Å². The highest BCUT2D eigenvalue weighted by Gasteiger charge is 2.25. The molecule has 0 saturated carbocycles. The molecule has 5 nitrogen and oxygen atoms in total. The zero-order valence-electron chi connectivity index (χ0n) is 15.2. The number of unbranched alkanes of at least 4 members (excludes halogenated alkanes) is 1. The van der Waals surface area contributed by atoms with Crippen LogP contribution in [0.3, 0.4) is 0 Å². The summed E-state index contributed by atoms with van der Waals surface area (Å²) in [6.45, 7) is 2.66. The Hall–Kier alpha value is -2.04. The molecular formula is C20H21N3O2S2. The summed E-state index contributed by atoms with van der Waals surface area (Å²) in [6.07, 6.45) is 6.06. The molecule has 7 heteroatoms. The van der Waals surface area contributed by atoms with Crippen LogP contribution in [0.2, 0.25) is 0 Å². The first-order chi connectivity index (χ1) is 13.2. The van der Waals surface area contributed by atoms with Crippen LogP contribution in [0.5, 0.6) is 0 Å². The smallest absolute Gasteiger partial charge is 0.263 e. The molecule has 0 aromatic carbocycles. The molecular weight excluding hydrogens is 378 g/mol. The van der Waals surface area contributed by atoms with Crippen LogP contribution in [0.1, 0.15) is 42.4 Å². The molecule has 1 aliphatic carbocycles. The molecule has 3 heterocycles. The molecule has 0 N–H and O–H groups in total. The molecule has 1 unspecified atom stereocenters. The van der Waals surface area contributed by atoms with E-state index in [4.69, 9.17) is 14.7 Å². The molecule has 1 atom stereocenters. The predicted molar refractivity (Wildman–Crippen MR) is 108 cm³/mol. The van der Waals surface area contributed by atoms with Crippen LogP contribution >= 0.6 is 23.1 Å². The largest absolute Gasteiger partial charge is 0.467 e. The average molecular weight is 400 g/mol. The highest BCUT2D eigenvalue weighted by Crippen LogP contribution is 2.36. The number of rotatable bonds is 6. The van der Waals surface area contributed by atoms with Crippen molar-refractivity contribution in [1.29, 1.82) is 5.26 Å². The van der Waals surface area contributed by atoms with E-state index < -0.39 is 0 Å². The number of aryl methyl sites for hydroxylation is 1. The molecule has 0 bridgehead atoms. The van der Waals surface area contributed by atoms with Gasteiger partial charge in [-0.3, -0.25) is 9.36 Å². The number of furan rings is 1. The molecule has 4 rings (SSSR count). The zero-order chi connectivity index (χ0) is 18.8. The van der Waals surface area contributed by atoms with Crippen molar-refractivity contribution in [3.8, 4) is 6.07 Å². The quantitative estimate of drug-likeness (QED) is 0.344. The second-order valence-electron chi connectivity index (χ2n) is 7.01. The molecule has 0 radical (unpaired) electrons. The highest BCUT2D eigenvalue weighted by molar-refractivity contribution is 7.99. The monoisotopic (exact) mass is 399 g/mol. The van der Waals surface area contributed by atoms with Crippen molar-refractivity contribution in [1.82, 2.24) is 9.55 Å². The topological polar surface area (TPSA) is 71.8 Å². The van der Waals surface area contributed by atoms with Gasteiger partial charge in [-0.2, -0.15) is 5.26 Å². The number of nitriles is 1. The summed E-state index contributed by atoms with van der Waals surface area (Å²) in [5.41, 5.74) is 1.24. The van der Waals surface area contributed by atoms with Gasteiger partial charge in [0.1, 0.15) is 10.6 Å². The van der Waals surface area contributed by atoms with Gasteiger partial charge in [-0.15, -0.1) is 11.3 Å². The van der Waals surface area contributed by atoms with Gasteiger partial charge in [0.05, 0.1) is 24.3 Å². The maximum Gasteiger partial charge on any atom is 0.263 e. The van der Waals surface area contributed by atoms with Gasteiger partial charge in [-0.05, 0) is 49.3 Å². The van der Waals surface area contributed by atoms with Crippen LogP contribution < -0.4 is 5.56 Å². The number of hydrogen-bond donors (Lipinski definition) is 0. The Labute approximate surface area is 166 Å². The normalized spacial score (nSPS) is 16.4. The van der Waals surface area contributed by atoms with Crippen LogP contribution in [0.4, 0.5) is 0 Å². The third-order valence-corrected chi connectivity index (χ3v) is 7.15. The maximum absolute atomic E-state index is 13.4. The molecule has 140 valence electrons. The van der Waals surface area contributed by atoms with Crippen LogP contribution in [-0.2, 0) is 19.4 Å². The third kappa shape index (κ3) is 3.69. The van der Waals surface area contributed by atoms with Gasteiger partial charge in [-0.1, -0.05) is 18.7 Å². The van der Waals surface area contributed by atoms with Crippen molar-refractivity contribution in [2.75, 3.05) is 5.75 Å². The van der Waals surface area contributed by atoms with E-state index in [2.05, 4.69) is 13.0 Å². The van der Waals surface area contributed by atoms with Crippen LogP contribution in [-0.4, -0.2) is 15.3 Å². The standard InChI is InChI=1S/C20H21N3O2S2/c1-13-6-7-15-16(11-13)27-18-17(15)19(24)23(12-14-5-4-9-25-14)20(22-18)26-10-3-2-8-21/h4-5,9,13H,2-3,6-7,10-12H2,1H3. The van der Waals surface area contributed by atoms with Gasteiger partial charge in [0, 0.05) is 17.1 Å². The molecule has 1 aliphatic rings. The fourth-order valence-corrected chi connectivity index (χ4v) is 5.89. The minimum atomic E-state index is 0.0336. The van der Waals surface area contributed by atoms with E-state index in [1.54, 1.807) is 33.9 Å². The van der Waals surface area contributed by atoms with Gasteiger partial charge >= 0.3 is 0 Å². The average Bonchev–Trinajstić information content (AvgIpc) is 3.28. The summed E-state index contributed by atoms with van der Waals surface area (Å²) in [5.74, 6) is 2.18. The van der Waals surface area contributed by atoms with Gasteiger partial charge in [0.2, 0.25) is 0 Å². The number of thioether (sulfide) groups is 1. The van der Waals surface area contributed by atoms with Gasteiger partial charge < -0.3 is 4.42 Å². The van der Waals surface area contributed by atoms with Gasteiger partial charge in [-0.25, -0.2) is 4.98 Å². The van der Waals surface area contributed by atoms with E-state index in [1.807, 2.05) is 12.1 Å². The van der Waals surface area contributed by atoms with Gasteiger partial charge in [0.15, 0.2) is 5.16 Å². The Morgan fingerprint density at radius 1 is 1.52 bits per heavy atom. The Morgan fingerprint density at radius 3 is 3.19 bits per heavy atom. The van der Waals surface area contributed by atoms with E-state index >= 15 is 0 Å². The maximum atomic E-state index is 13.4. The molecule has 3 aromatic heterocycles. The lowest BCUT2D eigenvalue weighted by molar-refractivity contribution is 0.476. The van der Waals surface area contributed by atoms with Gasteiger partial charge in [0.25, 0.3) is 5.56 Å². The third-order valence-electron chi connectivity index (χ3n) is 4.94. The Bertz CT molecular complexity index is 1040. The molecule has 3 aromatic rings. The second-order valence-corrected chi connectivity index (χ2v) is 9.15. The summed E-state index contributed by atoms with van der Waals surface area (Å²) >= 11 is 3.23. The minimum Gasteiger partial charge on any atom is -0.467 e. The first-order valence-corrected chi connectivity index (χ1v) is 11.0. The molecule has 0 saturated heterocycles. The lowest BCUT2D eigenvalue weighted by atomic mass is 9.89. The summed E-state index contributed by atoms with van der Waals surface area (Å²) in [6, 6.07) is 5.88. The molecule has 0 amide bonds. The Morgan fingerprint density at radius 2 is 2.41 bits per heavy atom. The summed E-state index contributed by atoms with van der Waals surface area (Å²) in [4.78, 5) is 20.4. The summed E-state index contributed by atoms with van der Waals surface area (Å²) in [5, 5.41) is 10.3. The Balaban J connectivity index is 1.79. The van der Waals surface area contributed by atoms with Crippen molar-refractivity contribution in [3.05, 3.63) is 45.0 Å². The Kier molecular flexibility index (Phi) is 5.37. The fraction of sp³-hybridized carbons (Fsp3) is 0.450. The number of hydrogen-bond acceptors (Lipinski definition) is 6. The SMILES string of the molecule is CC1CCc2c(sc3nc(SCCCC#N)n(Cc4ccco4)c(=O)c23)C1. The van der Waals surface area contributed by atoms with Crippen molar-refractivity contribution in [2.45, 2.75) is 50.7 Å². The van der Waals surface area contributed by atoms with E-state index in [9.17, 15) is 4.79 Å². The number of nitrogens with zero attached hydrogens (tertiary/aromatic N) is 3. The van der Waals surface area contributed by atoms with Crippen molar-refractivity contribution >= 4 is 33.3 Å². The van der Waals surface area contributed by atoms with E-state index in [0.717, 1.165) is 47.4 Å². The second kappa shape index (κ2) is 7.91. The molecule has 0 aliphatic heterocycles. The molecule has 27 heavy (non-hydrogen) atoms. The molecule has 0 fully saturated rings. The van der Waals surface area contributed by atoms with Crippen LogP contribution in [0.25, 0.3) is 10.2 Å². The predicted octanol–water partition coefficient (Wildman–Crippen LogP) is 4.62.